The zero-order chi connectivity index (χ0) is 12.4. The molecule has 0 saturated heterocycles. The fraction of sp³-hybridized carbons (Fsp3) is 0.333. The van der Waals surface area contributed by atoms with Gasteiger partial charge in [-0.2, -0.15) is 10.2 Å². The molecule has 0 bridgehead atoms. The first-order valence-electron chi connectivity index (χ1n) is 6.45. The molecule has 0 radical (unpaired) electrons. The Morgan fingerprint density at radius 2 is 1.78 bits per heavy atom. The van der Waals surface area contributed by atoms with Crippen molar-refractivity contribution >= 4 is 0 Å². The standard InChI is InChI=1S/C15H15FN2/c16-13-8-5-4-7-12(13)15-10-11-6-2-1-3-9-14(11)17-18-15/h4-5,7-8,10H,1-3,6,9H2. The van der Waals surface area contributed by atoms with Gasteiger partial charge in [-0.15, -0.1) is 0 Å². The number of halogens is 1. The molecule has 1 aromatic carbocycles. The second-order valence-corrected chi connectivity index (χ2v) is 4.74. The van der Waals surface area contributed by atoms with Crippen LogP contribution >= 0.6 is 0 Å². The summed E-state index contributed by atoms with van der Waals surface area (Å²) in [4.78, 5) is 0. The predicted octanol–water partition coefficient (Wildman–Crippen LogP) is 3.55. The van der Waals surface area contributed by atoms with Gasteiger partial charge < -0.3 is 0 Å². The van der Waals surface area contributed by atoms with Crippen molar-refractivity contribution in [2.75, 3.05) is 0 Å². The highest BCUT2D eigenvalue weighted by molar-refractivity contribution is 5.60. The van der Waals surface area contributed by atoms with Gasteiger partial charge in [0.25, 0.3) is 0 Å². The van der Waals surface area contributed by atoms with Crippen LogP contribution in [0, 0.1) is 5.82 Å². The van der Waals surface area contributed by atoms with Crippen molar-refractivity contribution in [2.24, 2.45) is 0 Å². The van der Waals surface area contributed by atoms with E-state index in [0.29, 0.717) is 11.3 Å². The van der Waals surface area contributed by atoms with Crippen molar-refractivity contribution in [1.82, 2.24) is 10.2 Å². The van der Waals surface area contributed by atoms with Crippen LogP contribution in [0.1, 0.15) is 30.5 Å². The Balaban J connectivity index is 2.04. The Labute approximate surface area is 106 Å². The molecule has 0 unspecified atom stereocenters. The van der Waals surface area contributed by atoms with Crippen LogP contribution in [0.3, 0.4) is 0 Å². The second kappa shape index (κ2) is 4.84. The molecule has 1 aliphatic carbocycles. The van der Waals surface area contributed by atoms with Crippen molar-refractivity contribution in [3.05, 3.63) is 47.4 Å². The van der Waals surface area contributed by atoms with Crippen molar-refractivity contribution in [2.45, 2.75) is 32.1 Å². The number of hydrogen-bond donors (Lipinski definition) is 0. The van der Waals surface area contributed by atoms with Crippen LogP contribution < -0.4 is 0 Å². The van der Waals surface area contributed by atoms with E-state index < -0.39 is 0 Å². The number of rotatable bonds is 1. The van der Waals surface area contributed by atoms with Crippen molar-refractivity contribution < 1.29 is 4.39 Å². The number of fused-ring (bicyclic) bond motifs is 1. The predicted molar refractivity (Wildman–Crippen MR) is 68.7 cm³/mol. The van der Waals surface area contributed by atoms with Crippen molar-refractivity contribution in [3.8, 4) is 11.3 Å². The van der Waals surface area contributed by atoms with Gasteiger partial charge in [0.1, 0.15) is 5.82 Å². The molecule has 1 aromatic heterocycles. The molecule has 1 heterocycles. The summed E-state index contributed by atoms with van der Waals surface area (Å²) < 4.78 is 13.7. The number of hydrogen-bond acceptors (Lipinski definition) is 2. The summed E-state index contributed by atoms with van der Waals surface area (Å²) in [5.74, 6) is -0.236. The Bertz CT molecular complexity index is 566. The summed E-state index contributed by atoms with van der Waals surface area (Å²) in [6.45, 7) is 0. The molecule has 3 rings (SSSR count). The Morgan fingerprint density at radius 1 is 0.944 bits per heavy atom. The van der Waals surface area contributed by atoms with Gasteiger partial charge in [-0.3, -0.25) is 0 Å². The first-order chi connectivity index (χ1) is 8.84. The lowest BCUT2D eigenvalue weighted by atomic mass is 10.1. The summed E-state index contributed by atoms with van der Waals surface area (Å²) in [6.07, 6.45) is 5.65. The lowest BCUT2D eigenvalue weighted by Crippen LogP contribution is -2.00. The first kappa shape index (κ1) is 11.3. The van der Waals surface area contributed by atoms with Gasteiger partial charge in [-0.05, 0) is 49.4 Å². The van der Waals surface area contributed by atoms with E-state index in [4.69, 9.17) is 0 Å². The lowest BCUT2D eigenvalue weighted by molar-refractivity contribution is 0.630. The monoisotopic (exact) mass is 242 g/mol. The van der Waals surface area contributed by atoms with Crippen molar-refractivity contribution in [1.29, 1.82) is 0 Å². The summed E-state index contributed by atoms with van der Waals surface area (Å²) in [5.41, 5.74) is 3.51. The molecule has 0 N–H and O–H groups in total. The quantitative estimate of drug-likeness (QED) is 0.715. The van der Waals surface area contributed by atoms with E-state index in [9.17, 15) is 4.39 Å². The fourth-order valence-electron chi connectivity index (χ4n) is 2.47. The van der Waals surface area contributed by atoms with E-state index in [0.717, 1.165) is 18.5 Å². The summed E-state index contributed by atoms with van der Waals surface area (Å²) in [7, 11) is 0. The van der Waals surface area contributed by atoms with Gasteiger partial charge in [0, 0.05) is 5.56 Å². The van der Waals surface area contributed by atoms with E-state index in [1.165, 1.54) is 30.9 Å². The molecule has 3 heteroatoms. The van der Waals surface area contributed by atoms with Crippen LogP contribution in [0.15, 0.2) is 30.3 Å². The van der Waals surface area contributed by atoms with Crippen LogP contribution in [-0.2, 0) is 12.8 Å². The maximum Gasteiger partial charge on any atom is 0.132 e. The fourth-order valence-corrected chi connectivity index (χ4v) is 2.47. The summed E-state index contributed by atoms with van der Waals surface area (Å²) in [6, 6.07) is 8.73. The highest BCUT2D eigenvalue weighted by atomic mass is 19.1. The van der Waals surface area contributed by atoms with Crippen LogP contribution in [0.25, 0.3) is 11.3 Å². The number of aryl methyl sites for hydroxylation is 2. The van der Waals surface area contributed by atoms with Gasteiger partial charge in [-0.25, -0.2) is 4.39 Å². The van der Waals surface area contributed by atoms with Gasteiger partial charge in [0.15, 0.2) is 0 Å². The minimum absolute atomic E-state index is 0.236. The number of aromatic nitrogens is 2. The Morgan fingerprint density at radius 3 is 2.67 bits per heavy atom. The zero-order valence-electron chi connectivity index (χ0n) is 10.2. The highest BCUT2D eigenvalue weighted by Gasteiger charge is 2.13. The molecule has 2 aromatic rings. The molecule has 0 amide bonds. The third kappa shape index (κ3) is 2.13. The summed E-state index contributed by atoms with van der Waals surface area (Å²) in [5, 5.41) is 8.45. The van der Waals surface area contributed by atoms with E-state index in [-0.39, 0.29) is 5.82 Å². The summed E-state index contributed by atoms with van der Waals surface area (Å²) >= 11 is 0. The van der Waals surface area contributed by atoms with Crippen LogP contribution in [0.5, 0.6) is 0 Å². The van der Waals surface area contributed by atoms with Crippen LogP contribution in [-0.4, -0.2) is 10.2 Å². The molecule has 92 valence electrons. The van der Waals surface area contributed by atoms with Crippen LogP contribution in [0.2, 0.25) is 0 Å². The maximum atomic E-state index is 13.7. The third-order valence-corrected chi connectivity index (χ3v) is 3.47. The average molecular weight is 242 g/mol. The normalized spacial score (nSPS) is 14.9. The van der Waals surface area contributed by atoms with Crippen LogP contribution in [0.4, 0.5) is 4.39 Å². The number of benzene rings is 1. The van der Waals surface area contributed by atoms with E-state index >= 15 is 0 Å². The highest BCUT2D eigenvalue weighted by Crippen LogP contribution is 2.24. The Hall–Kier alpha value is -1.77. The molecule has 2 nitrogen and oxygen atoms in total. The lowest BCUT2D eigenvalue weighted by Gasteiger charge is -2.07. The average Bonchev–Trinajstić information content (AvgIpc) is 2.63. The van der Waals surface area contributed by atoms with E-state index in [1.807, 2.05) is 12.1 Å². The number of nitrogens with zero attached hydrogens (tertiary/aromatic N) is 2. The zero-order valence-corrected chi connectivity index (χ0v) is 10.2. The topological polar surface area (TPSA) is 25.8 Å². The second-order valence-electron chi connectivity index (χ2n) is 4.74. The minimum Gasteiger partial charge on any atom is -0.206 e. The van der Waals surface area contributed by atoms with E-state index in [2.05, 4.69) is 10.2 Å². The molecule has 0 fully saturated rings. The largest absolute Gasteiger partial charge is 0.206 e. The molecule has 0 saturated carbocycles. The van der Waals surface area contributed by atoms with Gasteiger partial charge in [0.05, 0.1) is 11.4 Å². The molecule has 1 aliphatic rings. The molecular formula is C15H15FN2. The molecule has 0 aliphatic heterocycles. The Kier molecular flexibility index (Phi) is 3.05. The molecule has 0 spiro atoms. The third-order valence-electron chi connectivity index (χ3n) is 3.47. The van der Waals surface area contributed by atoms with Gasteiger partial charge in [0.2, 0.25) is 0 Å². The van der Waals surface area contributed by atoms with E-state index in [1.54, 1.807) is 12.1 Å². The molecule has 0 atom stereocenters. The maximum absolute atomic E-state index is 13.7. The van der Waals surface area contributed by atoms with Gasteiger partial charge >= 0.3 is 0 Å². The molecular weight excluding hydrogens is 227 g/mol. The van der Waals surface area contributed by atoms with Crippen molar-refractivity contribution in [3.63, 3.8) is 0 Å². The molecule has 18 heavy (non-hydrogen) atoms. The SMILES string of the molecule is Fc1ccccc1-c1cc2c(nn1)CCCCC2. The minimum atomic E-state index is -0.236. The first-order valence-corrected chi connectivity index (χ1v) is 6.45. The van der Waals surface area contributed by atoms with Gasteiger partial charge in [-0.1, -0.05) is 18.6 Å². The smallest absolute Gasteiger partial charge is 0.132 e.